The number of aryl methyl sites for hydroxylation is 4. The van der Waals surface area contributed by atoms with E-state index >= 15 is 0 Å². The van der Waals surface area contributed by atoms with Gasteiger partial charge in [0.25, 0.3) is 0 Å². The summed E-state index contributed by atoms with van der Waals surface area (Å²) < 4.78 is 1.96. The van der Waals surface area contributed by atoms with Crippen molar-refractivity contribution in [3.8, 4) is 0 Å². The van der Waals surface area contributed by atoms with Crippen molar-refractivity contribution in [3.63, 3.8) is 0 Å². The molecule has 0 aliphatic heterocycles. The number of nitrogens with one attached hydrogen (secondary N) is 1. The number of nitrogens with zero attached hydrogens (tertiary/aromatic N) is 2. The molecule has 108 valence electrons. The summed E-state index contributed by atoms with van der Waals surface area (Å²) >= 11 is 0. The molecule has 0 saturated carbocycles. The third-order valence-electron chi connectivity index (χ3n) is 4.18. The van der Waals surface area contributed by atoms with Crippen LogP contribution >= 0.6 is 0 Å². The van der Waals surface area contributed by atoms with Gasteiger partial charge in [-0.3, -0.25) is 4.68 Å². The summed E-state index contributed by atoms with van der Waals surface area (Å²) in [6, 6.07) is 6.96. The van der Waals surface area contributed by atoms with E-state index in [1.165, 1.54) is 27.9 Å². The minimum absolute atomic E-state index is 0.310. The highest BCUT2D eigenvalue weighted by molar-refractivity contribution is 5.31. The lowest BCUT2D eigenvalue weighted by Gasteiger charge is -2.15. The van der Waals surface area contributed by atoms with E-state index in [0.29, 0.717) is 6.04 Å². The van der Waals surface area contributed by atoms with Crippen LogP contribution in [0.1, 0.15) is 46.6 Å². The molecule has 0 aliphatic carbocycles. The van der Waals surface area contributed by atoms with E-state index in [1.807, 2.05) is 11.7 Å². The summed E-state index contributed by atoms with van der Waals surface area (Å²) in [4.78, 5) is 0. The summed E-state index contributed by atoms with van der Waals surface area (Å²) in [7, 11) is 2.00. The second-order valence-electron chi connectivity index (χ2n) is 5.73. The summed E-state index contributed by atoms with van der Waals surface area (Å²) in [5.41, 5.74) is 7.70. The highest BCUT2D eigenvalue weighted by Gasteiger charge is 2.15. The van der Waals surface area contributed by atoms with Crippen LogP contribution in [0.25, 0.3) is 0 Å². The van der Waals surface area contributed by atoms with Gasteiger partial charge < -0.3 is 5.32 Å². The second-order valence-corrected chi connectivity index (χ2v) is 5.73. The fraction of sp³-hybridized carbons (Fsp3) is 0.471. The molecule has 2 aromatic rings. The lowest BCUT2D eigenvalue weighted by molar-refractivity contribution is 0.568. The van der Waals surface area contributed by atoms with Crippen LogP contribution in [0.4, 0.5) is 0 Å². The largest absolute Gasteiger partial charge is 0.306 e. The van der Waals surface area contributed by atoms with Crippen molar-refractivity contribution < 1.29 is 0 Å². The van der Waals surface area contributed by atoms with E-state index in [2.05, 4.69) is 63.2 Å². The van der Waals surface area contributed by atoms with Gasteiger partial charge in [0.1, 0.15) is 0 Å². The Morgan fingerprint density at radius 1 is 1.15 bits per heavy atom. The first-order chi connectivity index (χ1) is 9.40. The number of aromatic nitrogens is 2. The maximum Gasteiger partial charge on any atom is 0.0644 e. The lowest BCUT2D eigenvalue weighted by Crippen LogP contribution is -2.19. The van der Waals surface area contributed by atoms with Crippen molar-refractivity contribution in [2.24, 2.45) is 7.05 Å². The minimum Gasteiger partial charge on any atom is -0.306 e. The van der Waals surface area contributed by atoms with Crippen molar-refractivity contribution in [2.45, 2.75) is 47.2 Å². The van der Waals surface area contributed by atoms with Gasteiger partial charge in [0.2, 0.25) is 0 Å². The SMILES string of the molecule is Cc1ccc(CN[C@@H](C)c2c(C)nn(C)c2C)cc1C. The van der Waals surface area contributed by atoms with Crippen LogP contribution in [0, 0.1) is 27.7 Å². The molecular weight excluding hydrogens is 246 g/mol. The Labute approximate surface area is 122 Å². The van der Waals surface area contributed by atoms with Gasteiger partial charge in [-0.2, -0.15) is 5.10 Å². The molecule has 3 nitrogen and oxygen atoms in total. The molecule has 0 spiro atoms. The summed E-state index contributed by atoms with van der Waals surface area (Å²) in [6.45, 7) is 11.6. The molecule has 20 heavy (non-hydrogen) atoms. The molecule has 0 unspecified atom stereocenters. The van der Waals surface area contributed by atoms with Crippen LogP contribution in [-0.4, -0.2) is 9.78 Å². The van der Waals surface area contributed by atoms with E-state index in [0.717, 1.165) is 12.2 Å². The Morgan fingerprint density at radius 3 is 2.40 bits per heavy atom. The molecule has 0 bridgehead atoms. The van der Waals surface area contributed by atoms with Gasteiger partial charge in [0.05, 0.1) is 5.69 Å². The van der Waals surface area contributed by atoms with Crippen LogP contribution < -0.4 is 5.32 Å². The normalized spacial score (nSPS) is 12.7. The maximum absolute atomic E-state index is 4.49. The molecule has 0 amide bonds. The van der Waals surface area contributed by atoms with Crippen molar-refractivity contribution in [1.29, 1.82) is 0 Å². The molecule has 3 heteroatoms. The molecule has 1 aromatic carbocycles. The topological polar surface area (TPSA) is 29.9 Å². The zero-order valence-corrected chi connectivity index (χ0v) is 13.4. The molecule has 0 radical (unpaired) electrons. The molecular formula is C17H25N3. The highest BCUT2D eigenvalue weighted by Crippen LogP contribution is 2.21. The molecule has 2 rings (SSSR count). The first-order valence-electron chi connectivity index (χ1n) is 7.19. The Kier molecular flexibility index (Phi) is 4.29. The van der Waals surface area contributed by atoms with Crippen LogP contribution in [0.15, 0.2) is 18.2 Å². The number of hydrogen-bond acceptors (Lipinski definition) is 2. The molecule has 0 saturated heterocycles. The number of rotatable bonds is 4. The minimum atomic E-state index is 0.310. The van der Waals surface area contributed by atoms with Gasteiger partial charge >= 0.3 is 0 Å². The average Bonchev–Trinajstić information content (AvgIpc) is 2.64. The summed E-state index contributed by atoms with van der Waals surface area (Å²) in [6.07, 6.45) is 0. The molecule has 1 aromatic heterocycles. The van der Waals surface area contributed by atoms with E-state index in [9.17, 15) is 0 Å². The Morgan fingerprint density at radius 2 is 1.85 bits per heavy atom. The summed E-state index contributed by atoms with van der Waals surface area (Å²) in [5.74, 6) is 0. The zero-order valence-electron chi connectivity index (χ0n) is 13.4. The number of hydrogen-bond donors (Lipinski definition) is 1. The van der Waals surface area contributed by atoms with Crippen molar-refractivity contribution in [1.82, 2.24) is 15.1 Å². The van der Waals surface area contributed by atoms with Gasteiger partial charge in [0, 0.05) is 30.9 Å². The van der Waals surface area contributed by atoms with Crippen LogP contribution in [0.2, 0.25) is 0 Å². The lowest BCUT2D eigenvalue weighted by atomic mass is 10.0. The van der Waals surface area contributed by atoms with Crippen molar-refractivity contribution in [2.75, 3.05) is 0 Å². The molecule has 1 atom stereocenters. The second kappa shape index (κ2) is 5.80. The van der Waals surface area contributed by atoms with Gasteiger partial charge in [0.15, 0.2) is 0 Å². The van der Waals surface area contributed by atoms with Gasteiger partial charge in [-0.1, -0.05) is 18.2 Å². The maximum atomic E-state index is 4.49. The average molecular weight is 271 g/mol. The zero-order chi connectivity index (χ0) is 14.9. The van der Waals surface area contributed by atoms with Crippen molar-refractivity contribution >= 4 is 0 Å². The van der Waals surface area contributed by atoms with E-state index in [4.69, 9.17) is 0 Å². The van der Waals surface area contributed by atoms with E-state index < -0.39 is 0 Å². The quantitative estimate of drug-likeness (QED) is 0.922. The first kappa shape index (κ1) is 14.8. The first-order valence-corrected chi connectivity index (χ1v) is 7.19. The van der Waals surface area contributed by atoms with Gasteiger partial charge in [-0.25, -0.2) is 0 Å². The number of benzene rings is 1. The standard InChI is InChI=1S/C17H25N3/c1-11-7-8-16(9-12(11)2)10-18-13(3)17-14(4)19-20(6)15(17)5/h7-9,13,18H,10H2,1-6H3/t13-/m0/s1. The third kappa shape index (κ3) is 2.93. The predicted molar refractivity (Wildman–Crippen MR) is 83.9 cm³/mol. The third-order valence-corrected chi connectivity index (χ3v) is 4.18. The highest BCUT2D eigenvalue weighted by atomic mass is 15.3. The van der Waals surface area contributed by atoms with Crippen LogP contribution in [-0.2, 0) is 13.6 Å². The molecule has 1 N–H and O–H groups in total. The van der Waals surface area contributed by atoms with Crippen LogP contribution in [0.3, 0.4) is 0 Å². The van der Waals surface area contributed by atoms with E-state index in [1.54, 1.807) is 0 Å². The molecule has 0 fully saturated rings. The van der Waals surface area contributed by atoms with Crippen molar-refractivity contribution in [3.05, 3.63) is 51.8 Å². The summed E-state index contributed by atoms with van der Waals surface area (Å²) in [5, 5.41) is 8.09. The van der Waals surface area contributed by atoms with E-state index in [-0.39, 0.29) is 0 Å². The Bertz CT molecular complexity index is 611. The fourth-order valence-corrected chi connectivity index (χ4v) is 2.70. The predicted octanol–water partition coefficient (Wildman–Crippen LogP) is 3.50. The van der Waals surface area contributed by atoms with Gasteiger partial charge in [-0.15, -0.1) is 0 Å². The fourth-order valence-electron chi connectivity index (χ4n) is 2.70. The Balaban J connectivity index is 2.08. The Hall–Kier alpha value is -1.61. The molecule has 0 aliphatic rings. The molecule has 1 heterocycles. The van der Waals surface area contributed by atoms with Crippen LogP contribution in [0.5, 0.6) is 0 Å². The van der Waals surface area contributed by atoms with Gasteiger partial charge in [-0.05, 0) is 51.3 Å². The smallest absolute Gasteiger partial charge is 0.0644 e. The monoisotopic (exact) mass is 271 g/mol.